The zero-order valence-electron chi connectivity index (χ0n) is 14.8. The SMILES string of the molecule is Cc1c(S(C)(=O)=O)ccc(C(=O)C2C(=O)CCCC2=O)c1Cl.FC1OC1(F)F. The molecule has 2 fully saturated rings. The van der Waals surface area contributed by atoms with E-state index in [9.17, 15) is 36.0 Å². The third-order valence-corrected chi connectivity index (χ3v) is 5.95. The molecule has 1 aliphatic carbocycles. The first-order chi connectivity index (χ1) is 12.8. The topological polar surface area (TPSA) is 97.9 Å². The van der Waals surface area contributed by atoms with Crippen LogP contribution in [0.3, 0.4) is 0 Å². The van der Waals surface area contributed by atoms with E-state index in [2.05, 4.69) is 4.74 Å². The maximum atomic E-state index is 12.5. The number of ether oxygens (including phenoxy) is 1. The molecule has 2 aliphatic rings. The highest BCUT2D eigenvalue weighted by Crippen LogP contribution is 2.39. The number of carbonyl (C=O) groups excluding carboxylic acids is 3. The third kappa shape index (κ3) is 4.79. The van der Waals surface area contributed by atoms with Gasteiger partial charge in [-0.25, -0.2) is 12.8 Å². The summed E-state index contributed by atoms with van der Waals surface area (Å²) in [6.07, 6.45) is -3.90. The lowest BCUT2D eigenvalue weighted by Crippen LogP contribution is -2.35. The van der Waals surface area contributed by atoms with Gasteiger partial charge in [-0.15, -0.1) is 0 Å². The van der Waals surface area contributed by atoms with E-state index in [1.807, 2.05) is 0 Å². The number of rotatable bonds is 3. The number of halogens is 4. The molecule has 1 heterocycles. The number of ketones is 3. The van der Waals surface area contributed by atoms with Crippen LogP contribution >= 0.6 is 11.6 Å². The van der Waals surface area contributed by atoms with Gasteiger partial charge in [0, 0.05) is 24.7 Å². The number of benzene rings is 1. The fourth-order valence-electron chi connectivity index (χ4n) is 2.72. The monoisotopic (exact) mass is 440 g/mol. The van der Waals surface area contributed by atoms with Crippen molar-refractivity contribution in [3.8, 4) is 0 Å². The second-order valence-electron chi connectivity index (χ2n) is 6.40. The molecule has 1 aliphatic heterocycles. The molecule has 11 heteroatoms. The van der Waals surface area contributed by atoms with Gasteiger partial charge in [-0.2, -0.15) is 8.78 Å². The van der Waals surface area contributed by atoms with Gasteiger partial charge < -0.3 is 0 Å². The quantitative estimate of drug-likeness (QED) is 0.407. The predicted molar refractivity (Wildman–Crippen MR) is 91.9 cm³/mol. The molecule has 0 spiro atoms. The fraction of sp³-hybridized carbons (Fsp3) is 0.471. The van der Waals surface area contributed by atoms with Gasteiger partial charge in [0.05, 0.1) is 9.92 Å². The second kappa shape index (κ2) is 7.92. The largest absolute Gasteiger partial charge is 0.414 e. The lowest BCUT2D eigenvalue weighted by molar-refractivity contribution is -0.133. The van der Waals surface area contributed by atoms with E-state index in [-0.39, 0.29) is 33.9 Å². The third-order valence-electron chi connectivity index (χ3n) is 4.22. The summed E-state index contributed by atoms with van der Waals surface area (Å²) in [5.74, 6) is -2.76. The van der Waals surface area contributed by atoms with Gasteiger partial charge >= 0.3 is 6.11 Å². The number of hydrogen-bond donors (Lipinski definition) is 0. The van der Waals surface area contributed by atoms with Gasteiger partial charge in [-0.1, -0.05) is 11.6 Å². The van der Waals surface area contributed by atoms with Crippen LogP contribution in [0.4, 0.5) is 13.2 Å². The Morgan fingerprint density at radius 3 is 2.07 bits per heavy atom. The molecule has 154 valence electrons. The summed E-state index contributed by atoms with van der Waals surface area (Å²) < 4.78 is 59.2. The molecule has 0 aromatic heterocycles. The van der Waals surface area contributed by atoms with Crippen LogP contribution in [0.1, 0.15) is 35.2 Å². The van der Waals surface area contributed by atoms with Crippen LogP contribution < -0.4 is 0 Å². The average Bonchev–Trinajstić information content (AvgIpc) is 3.12. The van der Waals surface area contributed by atoms with Crippen LogP contribution in [-0.2, 0) is 24.2 Å². The molecule has 1 saturated carbocycles. The van der Waals surface area contributed by atoms with Crippen LogP contribution in [0.15, 0.2) is 17.0 Å². The van der Waals surface area contributed by atoms with Crippen molar-refractivity contribution in [3.05, 3.63) is 28.3 Å². The van der Waals surface area contributed by atoms with Crippen molar-refractivity contribution in [1.82, 2.24) is 0 Å². The molecule has 1 atom stereocenters. The first kappa shape index (κ1) is 22.5. The van der Waals surface area contributed by atoms with Crippen molar-refractivity contribution in [3.63, 3.8) is 0 Å². The standard InChI is InChI=1S/C15H15ClO5S.C2HF3O/c1-8-12(22(2,20)21)7-6-9(14(8)16)15(19)13-10(17)4-3-5-11(13)18;3-1-2(4,5)6-1/h6-7,13H,3-5H2,1-2H3;1H. The van der Waals surface area contributed by atoms with E-state index in [4.69, 9.17) is 11.6 Å². The number of alkyl halides is 3. The van der Waals surface area contributed by atoms with Gasteiger partial charge in [-0.05, 0) is 31.0 Å². The van der Waals surface area contributed by atoms with Crippen molar-refractivity contribution < 1.29 is 40.7 Å². The molecule has 0 bridgehead atoms. The van der Waals surface area contributed by atoms with Crippen molar-refractivity contribution in [1.29, 1.82) is 0 Å². The molecule has 1 unspecified atom stereocenters. The summed E-state index contributed by atoms with van der Waals surface area (Å²) in [7, 11) is -3.47. The van der Waals surface area contributed by atoms with Crippen LogP contribution in [0, 0.1) is 12.8 Å². The normalized spacial score (nSPS) is 21.7. The first-order valence-corrected chi connectivity index (χ1v) is 10.3. The molecule has 6 nitrogen and oxygen atoms in total. The summed E-state index contributed by atoms with van der Waals surface area (Å²) in [5.41, 5.74) is 0.255. The Balaban J connectivity index is 0.000000397. The lowest BCUT2D eigenvalue weighted by atomic mass is 9.81. The highest BCUT2D eigenvalue weighted by atomic mass is 35.5. The number of Topliss-reactive ketones (excluding diaryl/α,β-unsaturated/α-hetero) is 3. The first-order valence-electron chi connectivity index (χ1n) is 8.06. The Hall–Kier alpha value is -1.78. The summed E-state index contributed by atoms with van der Waals surface area (Å²) in [4.78, 5) is 36.2. The summed E-state index contributed by atoms with van der Waals surface area (Å²) in [5, 5.41) is -0.0286. The Bertz CT molecular complexity index is 928. The van der Waals surface area contributed by atoms with Crippen molar-refractivity contribution in [2.75, 3.05) is 6.26 Å². The minimum Gasteiger partial charge on any atom is -0.298 e. The average molecular weight is 441 g/mol. The number of epoxide rings is 1. The van der Waals surface area contributed by atoms with Crippen LogP contribution in [0.25, 0.3) is 0 Å². The van der Waals surface area contributed by atoms with Gasteiger partial charge in [0.15, 0.2) is 27.2 Å². The van der Waals surface area contributed by atoms with Crippen LogP contribution in [-0.4, -0.2) is 44.5 Å². The second-order valence-corrected chi connectivity index (χ2v) is 8.76. The van der Waals surface area contributed by atoms with E-state index in [1.165, 1.54) is 19.1 Å². The molecule has 3 rings (SSSR count). The van der Waals surface area contributed by atoms with Gasteiger partial charge in [0.25, 0.3) is 6.36 Å². The van der Waals surface area contributed by atoms with Crippen LogP contribution in [0.2, 0.25) is 5.02 Å². The lowest BCUT2D eigenvalue weighted by Gasteiger charge is -2.19. The molecule has 1 aromatic carbocycles. The Labute approximate surface area is 163 Å². The molecule has 1 saturated heterocycles. The Kier molecular flexibility index (Phi) is 6.37. The molecule has 0 N–H and O–H groups in total. The maximum Gasteiger partial charge on any atom is 0.414 e. The summed E-state index contributed by atoms with van der Waals surface area (Å²) in [6, 6.07) is 2.55. The van der Waals surface area contributed by atoms with Crippen LogP contribution in [0.5, 0.6) is 0 Å². The van der Waals surface area contributed by atoms with Crippen molar-refractivity contribution in [2.24, 2.45) is 5.92 Å². The van der Waals surface area contributed by atoms with Gasteiger partial charge in [-0.3, -0.25) is 19.1 Å². The van der Waals surface area contributed by atoms with Crippen molar-refractivity contribution in [2.45, 2.75) is 43.5 Å². The van der Waals surface area contributed by atoms with E-state index in [1.54, 1.807) is 0 Å². The van der Waals surface area contributed by atoms with E-state index < -0.39 is 45.6 Å². The predicted octanol–water partition coefficient (Wildman–Crippen LogP) is 3.08. The summed E-state index contributed by atoms with van der Waals surface area (Å²) >= 11 is 6.11. The number of hydrogen-bond acceptors (Lipinski definition) is 6. The minimum absolute atomic E-state index is 0.0140. The number of sulfone groups is 1. The van der Waals surface area contributed by atoms with E-state index in [0.29, 0.717) is 6.42 Å². The van der Waals surface area contributed by atoms with Crippen molar-refractivity contribution >= 4 is 38.8 Å². The maximum absolute atomic E-state index is 12.5. The molecular formula is C17H16ClF3O6S. The minimum atomic E-state index is -3.47. The highest BCUT2D eigenvalue weighted by molar-refractivity contribution is 7.90. The Morgan fingerprint density at radius 2 is 1.68 bits per heavy atom. The van der Waals surface area contributed by atoms with Gasteiger partial charge in [0.2, 0.25) is 0 Å². The molecule has 1 aromatic rings. The fourth-order valence-corrected chi connectivity index (χ4v) is 4.00. The molecular weight excluding hydrogens is 425 g/mol. The Morgan fingerprint density at radius 1 is 1.21 bits per heavy atom. The molecule has 0 radical (unpaired) electrons. The highest BCUT2D eigenvalue weighted by Gasteiger charge is 2.61. The zero-order valence-corrected chi connectivity index (χ0v) is 16.4. The van der Waals surface area contributed by atoms with E-state index >= 15 is 0 Å². The van der Waals surface area contributed by atoms with Gasteiger partial charge in [0.1, 0.15) is 5.92 Å². The molecule has 28 heavy (non-hydrogen) atoms. The van der Waals surface area contributed by atoms with E-state index in [0.717, 1.165) is 6.26 Å². The smallest absolute Gasteiger partial charge is 0.298 e. The number of carbonyl (C=O) groups is 3. The zero-order chi connectivity index (χ0) is 21.4. The molecule has 0 amide bonds. The summed E-state index contributed by atoms with van der Waals surface area (Å²) in [6.45, 7) is 1.49.